The van der Waals surface area contributed by atoms with Crippen LogP contribution in [0.3, 0.4) is 0 Å². The van der Waals surface area contributed by atoms with E-state index in [0.29, 0.717) is 6.42 Å². The second-order valence-electron chi connectivity index (χ2n) is 1.96. The fourth-order valence-corrected chi connectivity index (χ4v) is 0.604. The smallest absolute Gasteiger partial charge is 0.0947 e. The van der Waals surface area contributed by atoms with E-state index in [9.17, 15) is 8.78 Å². The molecule has 2 heteroatoms. The van der Waals surface area contributed by atoms with Gasteiger partial charge in [-0.2, -0.15) is 0 Å². The van der Waals surface area contributed by atoms with E-state index in [2.05, 4.69) is 0 Å². The molecule has 0 aliphatic heterocycles. The van der Waals surface area contributed by atoms with Crippen LogP contribution < -0.4 is 0 Å². The molecule has 0 radical (unpaired) electrons. The fraction of sp³-hybridized carbons (Fsp3) is 1.00. The summed E-state index contributed by atoms with van der Waals surface area (Å²) in [6.45, 7) is 4.91. The Morgan fingerprint density at radius 3 is 1.60 bits per heavy atom. The summed E-state index contributed by atoms with van der Waals surface area (Å²) in [5.74, 6) is -0.333. The van der Waals surface area contributed by atoms with Crippen molar-refractivity contribution in [3.63, 3.8) is 0 Å². The van der Waals surface area contributed by atoms with Gasteiger partial charge < -0.3 is 0 Å². The van der Waals surface area contributed by atoms with Gasteiger partial charge in [0.25, 0.3) is 0 Å². The Labute approximate surface area is 62.6 Å². The summed E-state index contributed by atoms with van der Waals surface area (Å²) in [6.07, 6.45) is 1.55. The molecule has 0 amide bonds. The molecule has 0 unspecified atom stereocenters. The summed E-state index contributed by atoms with van der Waals surface area (Å²) in [4.78, 5) is 0. The van der Waals surface area contributed by atoms with Crippen LogP contribution in [0.5, 0.6) is 0 Å². The van der Waals surface area contributed by atoms with Crippen molar-refractivity contribution in [2.75, 3.05) is 13.3 Å². The maximum Gasteiger partial charge on any atom is 0.0947 e. The van der Waals surface area contributed by atoms with E-state index in [-0.39, 0.29) is 5.92 Å². The molecular formula is C8H18F2. The predicted octanol–water partition coefficient (Wildman–Crippen LogP) is 3.37. The molecule has 0 atom stereocenters. The Bertz CT molecular complexity index is 42.5. The van der Waals surface area contributed by atoms with Crippen molar-refractivity contribution >= 4 is 0 Å². The summed E-state index contributed by atoms with van der Waals surface area (Å²) in [5.41, 5.74) is 0. The van der Waals surface area contributed by atoms with Crippen molar-refractivity contribution in [1.29, 1.82) is 0 Å². The predicted molar refractivity (Wildman–Crippen MR) is 41.7 cm³/mol. The number of hydrogen-bond donors (Lipinski definition) is 0. The Kier molecular flexibility index (Phi) is 14.6. The standard InChI is InChI=1S/C6H12F2.C2H6/c1-2-3-6(4-7)5-8;1-2/h6H,2-5H2,1H3;1-2H3. The first-order chi connectivity index (χ1) is 4.85. The van der Waals surface area contributed by atoms with Gasteiger partial charge in [-0.15, -0.1) is 0 Å². The number of hydrogen-bond acceptors (Lipinski definition) is 0. The van der Waals surface area contributed by atoms with E-state index < -0.39 is 13.3 Å². The lowest BCUT2D eigenvalue weighted by atomic mass is 10.1. The molecule has 64 valence electrons. The van der Waals surface area contributed by atoms with Crippen molar-refractivity contribution in [3.8, 4) is 0 Å². The van der Waals surface area contributed by atoms with Gasteiger partial charge in [-0.25, -0.2) is 0 Å². The normalized spacial score (nSPS) is 9.00. The second kappa shape index (κ2) is 11.6. The van der Waals surface area contributed by atoms with Gasteiger partial charge >= 0.3 is 0 Å². The van der Waals surface area contributed by atoms with Gasteiger partial charge in [-0.3, -0.25) is 8.78 Å². The highest BCUT2D eigenvalue weighted by molar-refractivity contribution is 4.53. The molecule has 10 heavy (non-hydrogen) atoms. The molecule has 0 spiro atoms. The van der Waals surface area contributed by atoms with Crippen LogP contribution in [0.25, 0.3) is 0 Å². The molecule has 0 nitrogen and oxygen atoms in total. The van der Waals surface area contributed by atoms with Gasteiger partial charge in [0.1, 0.15) is 0 Å². The second-order valence-corrected chi connectivity index (χ2v) is 1.96. The largest absolute Gasteiger partial charge is 0.251 e. The molecule has 0 saturated carbocycles. The van der Waals surface area contributed by atoms with Crippen LogP contribution in [0.15, 0.2) is 0 Å². The summed E-state index contributed by atoms with van der Waals surface area (Å²) in [6, 6.07) is 0. The van der Waals surface area contributed by atoms with E-state index >= 15 is 0 Å². The van der Waals surface area contributed by atoms with Crippen molar-refractivity contribution in [2.24, 2.45) is 5.92 Å². The van der Waals surface area contributed by atoms with Gasteiger partial charge in [-0.05, 0) is 6.42 Å². The zero-order chi connectivity index (χ0) is 8.41. The maximum absolute atomic E-state index is 11.6. The Balaban J connectivity index is 0. The topological polar surface area (TPSA) is 0 Å². The molecule has 0 aliphatic carbocycles. The SMILES string of the molecule is CC.CCCC(CF)CF. The van der Waals surface area contributed by atoms with Crippen LogP contribution in [0.1, 0.15) is 33.6 Å². The molecule has 0 fully saturated rings. The summed E-state index contributed by atoms with van der Waals surface area (Å²) >= 11 is 0. The van der Waals surface area contributed by atoms with Gasteiger partial charge in [0.05, 0.1) is 13.3 Å². The molecule has 0 rings (SSSR count). The quantitative estimate of drug-likeness (QED) is 0.579. The lowest BCUT2D eigenvalue weighted by molar-refractivity contribution is 0.274. The molecule has 0 bridgehead atoms. The molecule has 0 aromatic heterocycles. The molecule has 0 saturated heterocycles. The minimum Gasteiger partial charge on any atom is -0.251 e. The summed E-state index contributed by atoms with van der Waals surface area (Å²) < 4.78 is 23.2. The Morgan fingerprint density at radius 1 is 1.10 bits per heavy atom. The summed E-state index contributed by atoms with van der Waals surface area (Å²) in [7, 11) is 0. The van der Waals surface area contributed by atoms with Crippen LogP contribution in [-0.4, -0.2) is 13.3 Å². The first-order valence-electron chi connectivity index (χ1n) is 3.97. The van der Waals surface area contributed by atoms with Gasteiger partial charge in [0.2, 0.25) is 0 Å². The third kappa shape index (κ3) is 7.86. The number of halogens is 2. The Hall–Kier alpha value is -0.140. The van der Waals surface area contributed by atoms with Gasteiger partial charge in [0, 0.05) is 5.92 Å². The van der Waals surface area contributed by atoms with E-state index in [4.69, 9.17) is 0 Å². The first-order valence-corrected chi connectivity index (χ1v) is 3.97. The molecule has 0 N–H and O–H groups in total. The molecule has 0 aliphatic rings. The van der Waals surface area contributed by atoms with Crippen molar-refractivity contribution in [1.82, 2.24) is 0 Å². The zero-order valence-electron chi connectivity index (χ0n) is 7.16. The molecule has 0 aromatic rings. The minimum absolute atomic E-state index is 0.333. The molecule has 0 heterocycles. The number of rotatable bonds is 4. The van der Waals surface area contributed by atoms with Crippen LogP contribution in [-0.2, 0) is 0 Å². The molecule has 0 aromatic carbocycles. The maximum atomic E-state index is 11.6. The van der Waals surface area contributed by atoms with Crippen LogP contribution >= 0.6 is 0 Å². The van der Waals surface area contributed by atoms with E-state index in [1.165, 1.54) is 0 Å². The third-order valence-corrected chi connectivity index (χ3v) is 1.13. The van der Waals surface area contributed by atoms with Crippen molar-refractivity contribution in [2.45, 2.75) is 33.6 Å². The first kappa shape index (κ1) is 12.5. The highest BCUT2D eigenvalue weighted by Crippen LogP contribution is 2.06. The minimum atomic E-state index is -0.510. The third-order valence-electron chi connectivity index (χ3n) is 1.13. The average Bonchev–Trinajstić information content (AvgIpc) is 2.04. The van der Waals surface area contributed by atoms with E-state index in [1.807, 2.05) is 20.8 Å². The van der Waals surface area contributed by atoms with Gasteiger partial charge in [0.15, 0.2) is 0 Å². The highest BCUT2D eigenvalue weighted by Gasteiger charge is 2.04. The highest BCUT2D eigenvalue weighted by atomic mass is 19.1. The monoisotopic (exact) mass is 152 g/mol. The lowest BCUT2D eigenvalue weighted by Gasteiger charge is -2.03. The van der Waals surface area contributed by atoms with Gasteiger partial charge in [-0.1, -0.05) is 27.2 Å². The van der Waals surface area contributed by atoms with Crippen LogP contribution in [0.4, 0.5) is 8.78 Å². The van der Waals surface area contributed by atoms with Crippen molar-refractivity contribution < 1.29 is 8.78 Å². The lowest BCUT2D eigenvalue weighted by Crippen LogP contribution is -2.03. The summed E-state index contributed by atoms with van der Waals surface area (Å²) in [5, 5.41) is 0. The fourth-order valence-electron chi connectivity index (χ4n) is 0.604. The van der Waals surface area contributed by atoms with Crippen LogP contribution in [0, 0.1) is 5.92 Å². The Morgan fingerprint density at radius 2 is 1.50 bits per heavy atom. The van der Waals surface area contributed by atoms with E-state index in [0.717, 1.165) is 6.42 Å². The van der Waals surface area contributed by atoms with E-state index in [1.54, 1.807) is 0 Å². The van der Waals surface area contributed by atoms with Crippen LogP contribution in [0.2, 0.25) is 0 Å². The molecular weight excluding hydrogens is 134 g/mol. The average molecular weight is 152 g/mol. The number of alkyl halides is 2. The zero-order valence-corrected chi connectivity index (χ0v) is 7.16. The van der Waals surface area contributed by atoms with Crippen molar-refractivity contribution in [3.05, 3.63) is 0 Å².